The number of nitrogens with zero attached hydrogens (tertiary/aromatic N) is 1. The second-order valence-corrected chi connectivity index (χ2v) is 3.04. The molecule has 0 radical (unpaired) electrons. The van der Waals surface area contributed by atoms with Gasteiger partial charge in [-0.05, 0) is 26.1 Å². The van der Waals surface area contributed by atoms with E-state index in [0.29, 0.717) is 6.54 Å². The van der Waals surface area contributed by atoms with E-state index in [0.717, 1.165) is 24.6 Å². The van der Waals surface area contributed by atoms with Crippen LogP contribution >= 0.6 is 0 Å². The van der Waals surface area contributed by atoms with Crippen LogP contribution in [0.25, 0.3) is 0 Å². The fourth-order valence-corrected chi connectivity index (χ4v) is 1.14. The van der Waals surface area contributed by atoms with E-state index in [-0.39, 0.29) is 0 Å². The highest BCUT2D eigenvalue weighted by Crippen LogP contribution is 2.07. The maximum absolute atomic E-state index is 5.42. The lowest BCUT2D eigenvalue weighted by atomic mass is 10.4. The van der Waals surface area contributed by atoms with Crippen molar-refractivity contribution in [2.24, 2.45) is 5.73 Å². The number of nitrogens with two attached hydrogens (primary N) is 1. The second-order valence-electron chi connectivity index (χ2n) is 3.04. The van der Waals surface area contributed by atoms with Crippen LogP contribution in [-0.4, -0.2) is 25.0 Å². The SMILES string of the molecule is Cc1ccc(CN(C)CCN)o1. The number of furan rings is 1. The molecule has 1 aromatic heterocycles. The second kappa shape index (κ2) is 4.28. The van der Waals surface area contributed by atoms with E-state index in [2.05, 4.69) is 4.90 Å². The summed E-state index contributed by atoms with van der Waals surface area (Å²) in [5, 5.41) is 0. The Morgan fingerprint density at radius 1 is 1.50 bits per heavy atom. The summed E-state index contributed by atoms with van der Waals surface area (Å²) in [6, 6.07) is 3.98. The Morgan fingerprint density at radius 2 is 2.25 bits per heavy atom. The molecule has 0 saturated heterocycles. The topological polar surface area (TPSA) is 42.4 Å². The lowest BCUT2D eigenvalue weighted by Gasteiger charge is -2.12. The predicted molar refractivity (Wildman–Crippen MR) is 48.8 cm³/mol. The molecule has 12 heavy (non-hydrogen) atoms. The minimum Gasteiger partial charge on any atom is -0.465 e. The van der Waals surface area contributed by atoms with Gasteiger partial charge in [-0.2, -0.15) is 0 Å². The Kier molecular flexibility index (Phi) is 3.31. The molecular weight excluding hydrogens is 152 g/mol. The molecule has 2 N–H and O–H groups in total. The van der Waals surface area contributed by atoms with Gasteiger partial charge in [-0.15, -0.1) is 0 Å². The number of hydrogen-bond acceptors (Lipinski definition) is 3. The maximum Gasteiger partial charge on any atom is 0.118 e. The standard InChI is InChI=1S/C9H16N2O/c1-8-3-4-9(12-8)7-11(2)6-5-10/h3-4H,5-7,10H2,1-2H3. The monoisotopic (exact) mass is 168 g/mol. The van der Waals surface area contributed by atoms with Crippen LogP contribution in [0.15, 0.2) is 16.5 Å². The van der Waals surface area contributed by atoms with E-state index in [1.54, 1.807) is 0 Å². The summed E-state index contributed by atoms with van der Waals surface area (Å²) in [5.41, 5.74) is 5.42. The molecule has 0 aliphatic carbocycles. The van der Waals surface area contributed by atoms with Crippen LogP contribution in [0.3, 0.4) is 0 Å². The lowest BCUT2D eigenvalue weighted by molar-refractivity contribution is 0.299. The van der Waals surface area contributed by atoms with Crippen molar-refractivity contribution in [2.75, 3.05) is 20.1 Å². The average Bonchev–Trinajstić information content (AvgIpc) is 2.36. The van der Waals surface area contributed by atoms with Gasteiger partial charge in [-0.25, -0.2) is 0 Å². The molecule has 68 valence electrons. The number of rotatable bonds is 4. The van der Waals surface area contributed by atoms with Crippen molar-refractivity contribution in [3.05, 3.63) is 23.7 Å². The Bertz CT molecular complexity index is 232. The third-order valence-corrected chi connectivity index (χ3v) is 1.73. The summed E-state index contributed by atoms with van der Waals surface area (Å²) in [5.74, 6) is 1.97. The molecular formula is C9H16N2O. The predicted octanol–water partition coefficient (Wildman–Crippen LogP) is 0.979. The van der Waals surface area contributed by atoms with Crippen LogP contribution in [0, 0.1) is 6.92 Å². The quantitative estimate of drug-likeness (QED) is 0.728. The van der Waals surface area contributed by atoms with Crippen molar-refractivity contribution < 1.29 is 4.42 Å². The first kappa shape index (κ1) is 9.29. The van der Waals surface area contributed by atoms with E-state index < -0.39 is 0 Å². The van der Waals surface area contributed by atoms with Crippen molar-refractivity contribution in [2.45, 2.75) is 13.5 Å². The fraction of sp³-hybridized carbons (Fsp3) is 0.556. The van der Waals surface area contributed by atoms with Crippen LogP contribution in [0.5, 0.6) is 0 Å². The molecule has 0 unspecified atom stereocenters. The third-order valence-electron chi connectivity index (χ3n) is 1.73. The molecule has 0 amide bonds. The summed E-state index contributed by atoms with van der Waals surface area (Å²) < 4.78 is 5.42. The zero-order valence-corrected chi connectivity index (χ0v) is 7.71. The molecule has 1 heterocycles. The Morgan fingerprint density at radius 3 is 2.75 bits per heavy atom. The summed E-state index contributed by atoms with van der Waals surface area (Å²) >= 11 is 0. The van der Waals surface area contributed by atoms with Gasteiger partial charge >= 0.3 is 0 Å². The maximum atomic E-state index is 5.42. The van der Waals surface area contributed by atoms with Gasteiger partial charge in [0, 0.05) is 13.1 Å². The van der Waals surface area contributed by atoms with Crippen molar-refractivity contribution >= 4 is 0 Å². The van der Waals surface area contributed by atoms with Gasteiger partial charge in [0.05, 0.1) is 6.54 Å². The normalized spacial score (nSPS) is 11.0. The van der Waals surface area contributed by atoms with E-state index in [1.165, 1.54) is 0 Å². The summed E-state index contributed by atoms with van der Waals surface area (Å²) in [6.45, 7) is 4.38. The average molecular weight is 168 g/mol. The molecule has 0 aliphatic rings. The smallest absolute Gasteiger partial charge is 0.118 e. The molecule has 0 spiro atoms. The summed E-state index contributed by atoms with van der Waals surface area (Å²) in [4.78, 5) is 2.14. The van der Waals surface area contributed by atoms with Crippen LogP contribution in [0.2, 0.25) is 0 Å². The van der Waals surface area contributed by atoms with E-state index in [1.807, 2.05) is 26.1 Å². The zero-order valence-electron chi connectivity index (χ0n) is 7.71. The summed E-state index contributed by atoms with van der Waals surface area (Å²) in [7, 11) is 2.03. The lowest BCUT2D eigenvalue weighted by Crippen LogP contribution is -2.24. The van der Waals surface area contributed by atoms with E-state index in [9.17, 15) is 0 Å². The molecule has 0 atom stereocenters. The van der Waals surface area contributed by atoms with Gasteiger partial charge in [0.2, 0.25) is 0 Å². The van der Waals surface area contributed by atoms with Gasteiger partial charge < -0.3 is 10.2 Å². The van der Waals surface area contributed by atoms with Crippen molar-refractivity contribution in [3.63, 3.8) is 0 Å². The summed E-state index contributed by atoms with van der Waals surface area (Å²) in [6.07, 6.45) is 0. The molecule has 0 bridgehead atoms. The Hall–Kier alpha value is -0.800. The molecule has 0 aromatic carbocycles. The van der Waals surface area contributed by atoms with Gasteiger partial charge in [0.25, 0.3) is 0 Å². The third kappa shape index (κ3) is 2.68. The van der Waals surface area contributed by atoms with Crippen molar-refractivity contribution in [1.82, 2.24) is 4.90 Å². The number of hydrogen-bond donors (Lipinski definition) is 1. The van der Waals surface area contributed by atoms with Crippen LogP contribution in [-0.2, 0) is 6.54 Å². The minimum atomic E-state index is 0.691. The molecule has 0 fully saturated rings. The first-order chi connectivity index (χ1) is 5.72. The fourth-order valence-electron chi connectivity index (χ4n) is 1.14. The Labute approximate surface area is 73.2 Å². The highest BCUT2D eigenvalue weighted by Gasteiger charge is 2.01. The van der Waals surface area contributed by atoms with E-state index in [4.69, 9.17) is 10.2 Å². The molecule has 1 aromatic rings. The minimum absolute atomic E-state index is 0.691. The van der Waals surface area contributed by atoms with Crippen molar-refractivity contribution in [1.29, 1.82) is 0 Å². The van der Waals surface area contributed by atoms with Crippen LogP contribution < -0.4 is 5.73 Å². The van der Waals surface area contributed by atoms with Gasteiger partial charge in [-0.3, -0.25) is 4.90 Å². The highest BCUT2D eigenvalue weighted by molar-refractivity contribution is 5.05. The molecule has 1 rings (SSSR count). The Balaban J connectivity index is 2.41. The van der Waals surface area contributed by atoms with Gasteiger partial charge in [0.1, 0.15) is 11.5 Å². The molecule has 0 aliphatic heterocycles. The van der Waals surface area contributed by atoms with Crippen LogP contribution in [0.1, 0.15) is 11.5 Å². The molecule has 3 heteroatoms. The first-order valence-electron chi connectivity index (χ1n) is 4.16. The zero-order chi connectivity index (χ0) is 8.97. The van der Waals surface area contributed by atoms with Crippen molar-refractivity contribution in [3.8, 4) is 0 Å². The molecule has 0 saturated carbocycles. The number of aryl methyl sites for hydroxylation is 1. The van der Waals surface area contributed by atoms with Crippen LogP contribution in [0.4, 0.5) is 0 Å². The highest BCUT2D eigenvalue weighted by atomic mass is 16.3. The largest absolute Gasteiger partial charge is 0.465 e. The van der Waals surface area contributed by atoms with E-state index >= 15 is 0 Å². The van der Waals surface area contributed by atoms with Gasteiger partial charge in [0.15, 0.2) is 0 Å². The molecule has 3 nitrogen and oxygen atoms in total. The number of likely N-dealkylation sites (N-methyl/N-ethyl adjacent to an activating group) is 1. The van der Waals surface area contributed by atoms with Gasteiger partial charge in [-0.1, -0.05) is 0 Å². The first-order valence-corrected chi connectivity index (χ1v) is 4.16.